The molecule has 0 spiro atoms. The molecule has 1 fully saturated rings. The summed E-state index contributed by atoms with van der Waals surface area (Å²) >= 11 is 0. The van der Waals surface area contributed by atoms with Crippen molar-refractivity contribution >= 4 is 18.0 Å². The number of ether oxygens (including phenoxy) is 2. The second-order valence-corrected chi connectivity index (χ2v) is 9.54. The Labute approximate surface area is 205 Å². The smallest absolute Gasteiger partial charge is 0.408 e. The van der Waals surface area contributed by atoms with E-state index >= 15 is 0 Å². The van der Waals surface area contributed by atoms with E-state index in [4.69, 9.17) is 9.47 Å². The minimum Gasteiger partial charge on any atom is -0.481 e. The van der Waals surface area contributed by atoms with Crippen LogP contribution in [0.1, 0.15) is 43.7 Å². The molecule has 1 saturated heterocycles. The van der Waals surface area contributed by atoms with Gasteiger partial charge in [-0.05, 0) is 48.9 Å². The van der Waals surface area contributed by atoms with Crippen LogP contribution in [0, 0.1) is 5.92 Å². The highest BCUT2D eigenvalue weighted by Gasteiger charge is 2.44. The molecule has 2 aliphatic rings. The topological polar surface area (TPSA) is 105 Å². The number of alkyl carbamates (subject to hydrolysis) is 1. The summed E-state index contributed by atoms with van der Waals surface area (Å²) in [5.74, 6) is -2.05. The first-order valence-electron chi connectivity index (χ1n) is 11.9. The van der Waals surface area contributed by atoms with E-state index < -0.39 is 29.6 Å². The maximum atomic E-state index is 13.5. The highest BCUT2D eigenvalue weighted by molar-refractivity contribution is 5.90. The summed E-state index contributed by atoms with van der Waals surface area (Å²) in [6.45, 7) is 3.79. The van der Waals surface area contributed by atoms with E-state index in [9.17, 15) is 19.5 Å². The molecule has 8 heteroatoms. The Kier molecular flexibility index (Phi) is 7.12. The Bertz CT molecular complexity index is 1070. The molecule has 35 heavy (non-hydrogen) atoms. The third-order valence-electron chi connectivity index (χ3n) is 7.19. The molecule has 3 atom stereocenters. The first kappa shape index (κ1) is 24.7. The zero-order valence-electron chi connectivity index (χ0n) is 20.3. The second-order valence-electron chi connectivity index (χ2n) is 9.54. The van der Waals surface area contributed by atoms with Crippen LogP contribution >= 0.6 is 0 Å². The van der Waals surface area contributed by atoms with E-state index in [-0.39, 0.29) is 25.0 Å². The fourth-order valence-electron chi connectivity index (χ4n) is 5.38. The number of hydrogen-bond donors (Lipinski definition) is 2. The number of nitrogens with one attached hydrogen (secondary N) is 1. The van der Waals surface area contributed by atoms with Crippen LogP contribution < -0.4 is 5.32 Å². The van der Waals surface area contributed by atoms with Crippen molar-refractivity contribution in [2.75, 3.05) is 26.9 Å². The van der Waals surface area contributed by atoms with Gasteiger partial charge in [-0.1, -0.05) is 48.5 Å². The Morgan fingerprint density at radius 2 is 1.69 bits per heavy atom. The number of methoxy groups -OCH3 is 1. The van der Waals surface area contributed by atoms with E-state index in [0.29, 0.717) is 19.4 Å². The predicted molar refractivity (Wildman–Crippen MR) is 130 cm³/mol. The molecular weight excluding hydrogens is 448 g/mol. The van der Waals surface area contributed by atoms with Crippen LogP contribution in [0.3, 0.4) is 0 Å². The molecule has 0 aromatic heterocycles. The Morgan fingerprint density at radius 1 is 1.09 bits per heavy atom. The van der Waals surface area contributed by atoms with Crippen molar-refractivity contribution in [3.8, 4) is 11.1 Å². The quantitative estimate of drug-likeness (QED) is 0.627. The molecule has 2 N–H and O–H groups in total. The van der Waals surface area contributed by atoms with Crippen molar-refractivity contribution < 1.29 is 29.0 Å². The van der Waals surface area contributed by atoms with Gasteiger partial charge in [0.15, 0.2) is 0 Å². The van der Waals surface area contributed by atoms with Gasteiger partial charge >= 0.3 is 12.1 Å². The van der Waals surface area contributed by atoms with E-state index in [2.05, 4.69) is 17.4 Å². The first-order valence-corrected chi connectivity index (χ1v) is 11.9. The fourth-order valence-corrected chi connectivity index (χ4v) is 5.38. The third-order valence-corrected chi connectivity index (χ3v) is 7.19. The maximum Gasteiger partial charge on any atom is 0.408 e. The highest BCUT2D eigenvalue weighted by Crippen LogP contribution is 2.44. The van der Waals surface area contributed by atoms with Crippen LogP contribution in [0.25, 0.3) is 11.1 Å². The zero-order chi connectivity index (χ0) is 25.2. The molecule has 0 saturated carbocycles. The van der Waals surface area contributed by atoms with Crippen molar-refractivity contribution in [3.63, 3.8) is 0 Å². The lowest BCUT2D eigenvalue weighted by Crippen LogP contribution is -2.63. The number of fused-ring (bicyclic) bond motifs is 3. The Hall–Kier alpha value is -3.39. The average Bonchev–Trinajstić information content (AvgIpc) is 3.16. The van der Waals surface area contributed by atoms with Gasteiger partial charge in [0.2, 0.25) is 0 Å². The molecule has 1 aliphatic heterocycles. The van der Waals surface area contributed by atoms with Gasteiger partial charge in [-0.2, -0.15) is 0 Å². The fraction of sp³-hybridized carbons (Fsp3) is 0.444. The zero-order valence-corrected chi connectivity index (χ0v) is 20.3. The first-order chi connectivity index (χ1) is 16.8. The minimum absolute atomic E-state index is 0.0724. The summed E-state index contributed by atoms with van der Waals surface area (Å²) in [6, 6.07) is 15.6. The molecule has 4 rings (SSSR count). The van der Waals surface area contributed by atoms with E-state index in [1.54, 1.807) is 13.8 Å². The number of nitrogens with zero attached hydrogens (tertiary/aromatic N) is 1. The summed E-state index contributed by atoms with van der Waals surface area (Å²) in [5, 5.41) is 12.2. The number of carboxylic acid groups (broad SMARTS) is 1. The molecule has 0 bridgehead atoms. The van der Waals surface area contributed by atoms with Gasteiger partial charge < -0.3 is 24.8 Å². The van der Waals surface area contributed by atoms with Gasteiger partial charge in [0.05, 0.1) is 12.5 Å². The molecule has 186 valence electrons. The van der Waals surface area contributed by atoms with Crippen molar-refractivity contribution in [1.82, 2.24) is 10.2 Å². The Balaban J connectivity index is 1.47. The van der Waals surface area contributed by atoms with E-state index in [1.807, 2.05) is 36.4 Å². The van der Waals surface area contributed by atoms with Crippen molar-refractivity contribution in [2.45, 2.75) is 44.2 Å². The number of hydrogen-bond acceptors (Lipinski definition) is 5. The van der Waals surface area contributed by atoms with Crippen LogP contribution in [0.4, 0.5) is 4.79 Å². The molecule has 1 aliphatic carbocycles. The summed E-state index contributed by atoms with van der Waals surface area (Å²) in [7, 11) is 1.45. The summed E-state index contributed by atoms with van der Waals surface area (Å²) in [4.78, 5) is 39.5. The van der Waals surface area contributed by atoms with Crippen LogP contribution in [0.15, 0.2) is 48.5 Å². The van der Waals surface area contributed by atoms with Crippen LogP contribution in [0.2, 0.25) is 0 Å². The second kappa shape index (κ2) is 10.1. The number of carboxylic acids is 1. The molecule has 1 heterocycles. The number of piperidine rings is 1. The molecule has 2 aromatic rings. The standard InChI is InChI=1S/C27H32N2O6/c1-17-18(24(30)31)13-8-14-29(17)25(32)27(2,16-34-3)28-26(33)35-15-23-21-11-6-4-9-19(21)20-10-5-7-12-22(20)23/h4-7,9-12,17-18,23H,8,13-16H2,1-3H3,(H,28,33)(H,30,31)/t17-,18-,27?/m0/s1. The predicted octanol–water partition coefficient (Wildman–Crippen LogP) is 3.64. The van der Waals surface area contributed by atoms with Crippen LogP contribution in [-0.4, -0.2) is 66.4 Å². The third kappa shape index (κ3) is 4.75. The lowest BCUT2D eigenvalue weighted by molar-refractivity contribution is -0.152. The van der Waals surface area contributed by atoms with Crippen molar-refractivity contribution in [2.24, 2.45) is 5.92 Å². The number of rotatable bonds is 7. The number of likely N-dealkylation sites (tertiary alicyclic amines) is 1. The van der Waals surface area contributed by atoms with Gasteiger partial charge in [0.25, 0.3) is 5.91 Å². The summed E-state index contributed by atoms with van der Waals surface area (Å²) < 4.78 is 10.9. The van der Waals surface area contributed by atoms with Gasteiger partial charge in [0.1, 0.15) is 12.1 Å². The number of carbonyl (C=O) groups is 3. The average molecular weight is 481 g/mol. The van der Waals surface area contributed by atoms with Gasteiger partial charge in [-0.3, -0.25) is 9.59 Å². The van der Waals surface area contributed by atoms with Gasteiger partial charge in [-0.15, -0.1) is 0 Å². The number of aliphatic carboxylic acids is 1. The molecule has 8 nitrogen and oxygen atoms in total. The number of carbonyl (C=O) groups excluding carboxylic acids is 2. The highest BCUT2D eigenvalue weighted by atomic mass is 16.5. The Morgan fingerprint density at radius 3 is 2.26 bits per heavy atom. The minimum atomic E-state index is -1.40. The summed E-state index contributed by atoms with van der Waals surface area (Å²) in [5.41, 5.74) is 3.05. The number of benzene rings is 2. The largest absolute Gasteiger partial charge is 0.481 e. The van der Waals surface area contributed by atoms with E-state index in [0.717, 1.165) is 22.3 Å². The molecule has 2 aromatic carbocycles. The van der Waals surface area contributed by atoms with Crippen molar-refractivity contribution in [3.05, 3.63) is 59.7 Å². The lowest BCUT2D eigenvalue weighted by atomic mass is 9.88. The van der Waals surface area contributed by atoms with Crippen LogP contribution in [-0.2, 0) is 19.1 Å². The molecular formula is C27H32N2O6. The summed E-state index contributed by atoms with van der Waals surface area (Å²) in [6.07, 6.45) is 0.376. The monoisotopic (exact) mass is 480 g/mol. The SMILES string of the molecule is COCC(C)(NC(=O)OCC1c2ccccc2-c2ccccc21)C(=O)N1CCC[C@H](C(=O)O)[C@@H]1C. The normalized spacial score (nSPS) is 20.9. The lowest BCUT2D eigenvalue weighted by Gasteiger charge is -2.42. The molecule has 0 radical (unpaired) electrons. The van der Waals surface area contributed by atoms with Gasteiger partial charge in [-0.25, -0.2) is 4.79 Å². The number of amides is 2. The van der Waals surface area contributed by atoms with E-state index in [1.165, 1.54) is 12.0 Å². The van der Waals surface area contributed by atoms with Crippen molar-refractivity contribution in [1.29, 1.82) is 0 Å². The van der Waals surface area contributed by atoms with Crippen LogP contribution in [0.5, 0.6) is 0 Å². The molecule has 1 unspecified atom stereocenters. The molecule has 2 amide bonds. The maximum absolute atomic E-state index is 13.5. The van der Waals surface area contributed by atoms with Gasteiger partial charge in [0, 0.05) is 25.6 Å².